The van der Waals surface area contributed by atoms with Crippen molar-refractivity contribution >= 4 is 39.0 Å². The molecule has 4 aromatic rings. The summed E-state index contributed by atoms with van der Waals surface area (Å²) in [6, 6.07) is 19.2. The number of fused-ring (bicyclic) bond motifs is 1. The van der Waals surface area contributed by atoms with Crippen molar-refractivity contribution in [2.24, 2.45) is 0 Å². The van der Waals surface area contributed by atoms with E-state index in [-0.39, 0.29) is 5.91 Å². The molecule has 0 radical (unpaired) electrons. The maximum Gasteiger partial charge on any atom is 0.264 e. The molecule has 1 amide bonds. The number of aromatic nitrogens is 2. The van der Waals surface area contributed by atoms with Crippen molar-refractivity contribution in [2.45, 2.75) is 40.2 Å². The SMILES string of the molecule is Cc1nc(N(C)c2ccc(C(C)C)cc2)c2c(C)c(C(=O)N3CCN(Cc4ccccc4)CC3)sc2n1. The number of carbonyl (C=O) groups excluding carboxylic acids is 1. The Morgan fingerprint density at radius 1 is 0.973 bits per heavy atom. The first-order chi connectivity index (χ1) is 17.8. The molecule has 1 aliphatic rings. The van der Waals surface area contributed by atoms with Crippen LogP contribution in [-0.4, -0.2) is 58.9 Å². The van der Waals surface area contributed by atoms with Crippen LogP contribution in [0.25, 0.3) is 10.2 Å². The molecule has 37 heavy (non-hydrogen) atoms. The van der Waals surface area contributed by atoms with Gasteiger partial charge in [-0.3, -0.25) is 9.69 Å². The van der Waals surface area contributed by atoms with Gasteiger partial charge in [-0.15, -0.1) is 11.3 Å². The van der Waals surface area contributed by atoms with Crippen LogP contribution in [0.4, 0.5) is 11.5 Å². The first-order valence-corrected chi connectivity index (χ1v) is 13.8. The third-order valence-corrected chi connectivity index (χ3v) is 8.42. The van der Waals surface area contributed by atoms with Gasteiger partial charge in [-0.05, 0) is 48.6 Å². The van der Waals surface area contributed by atoms with Crippen LogP contribution in [0.1, 0.15) is 52.0 Å². The van der Waals surface area contributed by atoms with Gasteiger partial charge in [-0.25, -0.2) is 9.97 Å². The number of benzene rings is 2. The van der Waals surface area contributed by atoms with Crippen molar-refractivity contribution in [1.29, 1.82) is 0 Å². The first-order valence-electron chi connectivity index (χ1n) is 13.0. The monoisotopic (exact) mass is 513 g/mol. The van der Waals surface area contributed by atoms with Crippen molar-refractivity contribution in [2.75, 3.05) is 38.1 Å². The van der Waals surface area contributed by atoms with Gasteiger partial charge in [0.25, 0.3) is 5.91 Å². The van der Waals surface area contributed by atoms with Crippen LogP contribution in [-0.2, 0) is 6.54 Å². The van der Waals surface area contributed by atoms with E-state index >= 15 is 0 Å². The molecule has 0 N–H and O–H groups in total. The summed E-state index contributed by atoms with van der Waals surface area (Å²) in [5, 5.41) is 0.970. The van der Waals surface area contributed by atoms with Crippen molar-refractivity contribution in [3.63, 3.8) is 0 Å². The summed E-state index contributed by atoms with van der Waals surface area (Å²) in [7, 11) is 2.04. The fraction of sp³-hybridized carbons (Fsp3) is 0.367. The van der Waals surface area contributed by atoms with Gasteiger partial charge in [0.2, 0.25) is 0 Å². The maximum absolute atomic E-state index is 13.6. The zero-order valence-corrected chi connectivity index (χ0v) is 23.2. The van der Waals surface area contributed by atoms with Crippen molar-refractivity contribution < 1.29 is 4.79 Å². The van der Waals surface area contributed by atoms with E-state index in [1.54, 1.807) is 0 Å². The molecule has 0 atom stereocenters. The fourth-order valence-electron chi connectivity index (χ4n) is 4.97. The Balaban J connectivity index is 1.38. The molecule has 0 bridgehead atoms. The topological polar surface area (TPSA) is 52.6 Å². The molecule has 7 heteroatoms. The highest BCUT2D eigenvalue weighted by molar-refractivity contribution is 7.20. The molecule has 1 aliphatic heterocycles. The van der Waals surface area contributed by atoms with E-state index in [1.807, 2.05) is 31.9 Å². The fourth-order valence-corrected chi connectivity index (χ4v) is 6.16. The van der Waals surface area contributed by atoms with Gasteiger partial charge in [-0.2, -0.15) is 0 Å². The van der Waals surface area contributed by atoms with Gasteiger partial charge in [0.05, 0.1) is 10.3 Å². The summed E-state index contributed by atoms with van der Waals surface area (Å²) in [5.74, 6) is 2.15. The second-order valence-electron chi connectivity index (χ2n) is 10.2. The number of anilines is 2. The quantitative estimate of drug-likeness (QED) is 0.309. The van der Waals surface area contributed by atoms with Crippen molar-refractivity contribution in [3.8, 4) is 0 Å². The minimum absolute atomic E-state index is 0.104. The summed E-state index contributed by atoms with van der Waals surface area (Å²) in [4.78, 5) is 31.4. The number of rotatable bonds is 6. The molecule has 6 nitrogen and oxygen atoms in total. The second-order valence-corrected chi connectivity index (χ2v) is 11.2. The van der Waals surface area contributed by atoms with Gasteiger partial charge in [-0.1, -0.05) is 56.3 Å². The highest BCUT2D eigenvalue weighted by atomic mass is 32.1. The third kappa shape index (κ3) is 5.24. The molecule has 5 rings (SSSR count). The Morgan fingerprint density at radius 3 is 2.30 bits per heavy atom. The van der Waals surface area contributed by atoms with Crippen LogP contribution in [0.15, 0.2) is 54.6 Å². The molecule has 0 saturated carbocycles. The summed E-state index contributed by atoms with van der Waals surface area (Å²) in [5.41, 5.74) is 4.66. The zero-order chi connectivity index (χ0) is 26.1. The molecular formula is C30H35N5OS. The second kappa shape index (κ2) is 10.6. The van der Waals surface area contributed by atoms with E-state index in [1.165, 1.54) is 22.5 Å². The maximum atomic E-state index is 13.6. The zero-order valence-electron chi connectivity index (χ0n) is 22.4. The largest absolute Gasteiger partial charge is 0.335 e. The molecule has 192 valence electrons. The van der Waals surface area contributed by atoms with Gasteiger partial charge in [0.1, 0.15) is 16.5 Å². The Labute approximate surface area is 223 Å². The van der Waals surface area contributed by atoms with Gasteiger partial charge in [0.15, 0.2) is 0 Å². The lowest BCUT2D eigenvalue weighted by Gasteiger charge is -2.34. The van der Waals surface area contributed by atoms with Crippen LogP contribution in [0.5, 0.6) is 0 Å². The van der Waals surface area contributed by atoms with Crippen LogP contribution >= 0.6 is 11.3 Å². The molecule has 1 saturated heterocycles. The van der Waals surface area contributed by atoms with Gasteiger partial charge in [0, 0.05) is 45.5 Å². The lowest BCUT2D eigenvalue weighted by molar-refractivity contribution is 0.0632. The number of nitrogens with zero attached hydrogens (tertiary/aromatic N) is 5. The predicted molar refractivity (Wildman–Crippen MR) is 153 cm³/mol. The van der Waals surface area contributed by atoms with Crippen LogP contribution in [0.3, 0.4) is 0 Å². The van der Waals surface area contributed by atoms with E-state index in [2.05, 4.69) is 72.2 Å². The third-order valence-electron chi connectivity index (χ3n) is 7.25. The Kier molecular flexibility index (Phi) is 7.26. The highest BCUT2D eigenvalue weighted by Crippen LogP contribution is 2.38. The van der Waals surface area contributed by atoms with E-state index in [4.69, 9.17) is 9.97 Å². The summed E-state index contributed by atoms with van der Waals surface area (Å²) in [6.07, 6.45) is 0. The summed E-state index contributed by atoms with van der Waals surface area (Å²) in [6.45, 7) is 12.5. The minimum atomic E-state index is 0.104. The van der Waals surface area contributed by atoms with E-state index < -0.39 is 0 Å². The molecule has 0 aliphatic carbocycles. The normalized spacial score (nSPS) is 14.5. The van der Waals surface area contributed by atoms with Crippen LogP contribution in [0.2, 0.25) is 0 Å². The molecule has 0 spiro atoms. The summed E-state index contributed by atoms with van der Waals surface area (Å²) >= 11 is 1.49. The smallest absolute Gasteiger partial charge is 0.264 e. The van der Waals surface area contributed by atoms with E-state index in [0.29, 0.717) is 11.7 Å². The number of hydrogen-bond acceptors (Lipinski definition) is 6. The number of piperazine rings is 1. The lowest BCUT2D eigenvalue weighted by atomic mass is 10.0. The van der Waals surface area contributed by atoms with Gasteiger partial charge < -0.3 is 9.80 Å². The van der Waals surface area contributed by atoms with Crippen LogP contribution < -0.4 is 4.90 Å². The summed E-state index contributed by atoms with van der Waals surface area (Å²) < 4.78 is 0. The lowest BCUT2D eigenvalue weighted by Crippen LogP contribution is -2.48. The Morgan fingerprint density at radius 2 is 1.65 bits per heavy atom. The molecule has 3 heterocycles. The van der Waals surface area contributed by atoms with Crippen LogP contribution in [0, 0.1) is 13.8 Å². The molecule has 1 fully saturated rings. The standard InChI is InChI=1S/C30H35N5OS/c1-20(2)24-11-13-25(14-12-24)33(5)28-26-21(3)27(37-29(26)32-22(4)31-28)30(36)35-17-15-34(16-18-35)19-23-9-7-6-8-10-23/h6-14,20H,15-19H2,1-5H3. The molecule has 2 aromatic heterocycles. The van der Waals surface area contributed by atoms with Gasteiger partial charge >= 0.3 is 0 Å². The average Bonchev–Trinajstić information content (AvgIpc) is 3.24. The first kappa shape index (κ1) is 25.4. The molecule has 2 aromatic carbocycles. The average molecular weight is 514 g/mol. The van der Waals surface area contributed by atoms with E-state index in [0.717, 1.165) is 64.9 Å². The number of aryl methyl sites for hydroxylation is 2. The number of hydrogen-bond donors (Lipinski definition) is 0. The van der Waals surface area contributed by atoms with E-state index in [9.17, 15) is 4.79 Å². The Hall–Kier alpha value is -3.29. The number of thiophene rings is 1. The Bertz CT molecular complexity index is 1390. The molecular weight excluding hydrogens is 478 g/mol. The number of amides is 1. The number of carbonyl (C=O) groups is 1. The highest BCUT2D eigenvalue weighted by Gasteiger charge is 2.27. The predicted octanol–water partition coefficient (Wildman–Crippen LogP) is 6.16. The van der Waals surface area contributed by atoms with Crippen molar-refractivity contribution in [3.05, 3.63) is 82.0 Å². The molecule has 0 unspecified atom stereocenters. The minimum Gasteiger partial charge on any atom is -0.335 e. The van der Waals surface area contributed by atoms with Crippen molar-refractivity contribution in [1.82, 2.24) is 19.8 Å².